The summed E-state index contributed by atoms with van der Waals surface area (Å²) in [7, 11) is 0. The molecular formula is C35H37F3N6O. The Morgan fingerprint density at radius 2 is 1.93 bits per heavy atom. The second kappa shape index (κ2) is 10.3. The number of aromatic nitrogens is 3. The molecule has 10 heteroatoms. The molecule has 0 spiro atoms. The highest BCUT2D eigenvalue weighted by Gasteiger charge is 2.50. The first-order chi connectivity index (χ1) is 21.9. The highest BCUT2D eigenvalue weighted by Crippen LogP contribution is 2.45. The number of hydrogen-bond acceptors (Lipinski definition) is 7. The van der Waals surface area contributed by atoms with E-state index in [2.05, 4.69) is 15.1 Å². The van der Waals surface area contributed by atoms with Gasteiger partial charge in [0.2, 0.25) is 0 Å². The van der Waals surface area contributed by atoms with Gasteiger partial charge in [0.25, 0.3) is 0 Å². The smallest absolute Gasteiger partial charge is 0.319 e. The van der Waals surface area contributed by atoms with E-state index in [4.69, 9.17) is 19.7 Å². The predicted octanol–water partition coefficient (Wildman–Crippen LogP) is 6.03. The number of piperazine rings is 1. The van der Waals surface area contributed by atoms with Gasteiger partial charge in [-0.2, -0.15) is 9.97 Å². The molecule has 4 saturated heterocycles. The lowest BCUT2D eigenvalue weighted by atomic mass is 9.95. The first-order valence-corrected chi connectivity index (χ1v) is 16.5. The van der Waals surface area contributed by atoms with Gasteiger partial charge in [0.15, 0.2) is 5.82 Å². The molecule has 0 radical (unpaired) electrons. The van der Waals surface area contributed by atoms with Gasteiger partial charge in [-0.15, -0.1) is 0 Å². The van der Waals surface area contributed by atoms with Crippen LogP contribution in [0, 0.1) is 18.6 Å². The fourth-order valence-electron chi connectivity index (χ4n) is 9.32. The van der Waals surface area contributed by atoms with Gasteiger partial charge in [-0.3, -0.25) is 4.90 Å². The van der Waals surface area contributed by atoms with E-state index >= 15 is 4.39 Å². The van der Waals surface area contributed by atoms with Crippen molar-refractivity contribution in [1.82, 2.24) is 25.2 Å². The van der Waals surface area contributed by atoms with Gasteiger partial charge in [-0.05, 0) is 87.2 Å². The van der Waals surface area contributed by atoms with Crippen molar-refractivity contribution < 1.29 is 17.9 Å². The summed E-state index contributed by atoms with van der Waals surface area (Å²) in [6, 6.07) is 9.74. The van der Waals surface area contributed by atoms with Crippen LogP contribution in [0.1, 0.15) is 56.2 Å². The van der Waals surface area contributed by atoms with Crippen molar-refractivity contribution in [3.8, 4) is 17.3 Å². The number of pyridine rings is 1. The third kappa shape index (κ3) is 4.13. The topological polar surface area (TPSA) is 66.4 Å². The van der Waals surface area contributed by atoms with Crippen LogP contribution in [-0.2, 0) is 6.42 Å². The largest absolute Gasteiger partial charge is 0.461 e. The maximum atomic E-state index is 17.0. The number of ether oxygens (including phenoxy) is 1. The zero-order valence-electron chi connectivity index (χ0n) is 25.5. The Kier molecular flexibility index (Phi) is 6.33. The van der Waals surface area contributed by atoms with Crippen molar-refractivity contribution in [3.05, 3.63) is 53.2 Å². The summed E-state index contributed by atoms with van der Waals surface area (Å²) < 4.78 is 52.1. The molecule has 0 saturated carbocycles. The van der Waals surface area contributed by atoms with Crippen molar-refractivity contribution in [2.24, 2.45) is 0 Å². The lowest BCUT2D eigenvalue weighted by molar-refractivity contribution is 0.0772. The van der Waals surface area contributed by atoms with Gasteiger partial charge in [-0.25, -0.2) is 18.2 Å². The van der Waals surface area contributed by atoms with Crippen LogP contribution < -0.4 is 15.0 Å². The molecule has 4 aromatic rings. The van der Waals surface area contributed by atoms with Crippen LogP contribution in [0.15, 0.2) is 30.3 Å². The molecule has 5 atom stereocenters. The minimum absolute atomic E-state index is 0.0713. The van der Waals surface area contributed by atoms with Gasteiger partial charge in [0, 0.05) is 36.3 Å². The third-order valence-electron chi connectivity index (χ3n) is 11.5. The van der Waals surface area contributed by atoms with Crippen LogP contribution in [-0.4, -0.2) is 75.9 Å². The van der Waals surface area contributed by atoms with E-state index in [0.29, 0.717) is 52.8 Å². The summed E-state index contributed by atoms with van der Waals surface area (Å²) in [5.74, 6) is -0.192. The average molecular weight is 615 g/mol. The monoisotopic (exact) mass is 614 g/mol. The summed E-state index contributed by atoms with van der Waals surface area (Å²) in [6.07, 6.45) is 7.35. The number of benzene rings is 2. The van der Waals surface area contributed by atoms with Crippen molar-refractivity contribution >= 4 is 27.5 Å². The molecule has 234 valence electrons. The summed E-state index contributed by atoms with van der Waals surface area (Å²) in [5, 5.41) is 5.91. The number of rotatable bonds is 5. The third-order valence-corrected chi connectivity index (χ3v) is 11.5. The van der Waals surface area contributed by atoms with Crippen molar-refractivity contribution in [3.63, 3.8) is 0 Å². The van der Waals surface area contributed by atoms with Gasteiger partial charge in [0.1, 0.15) is 36.1 Å². The Hall–Kier alpha value is -3.50. The second-order valence-electron chi connectivity index (χ2n) is 13.8. The Morgan fingerprint density at radius 1 is 1.02 bits per heavy atom. The SMILES string of the molecule is Cc1c(F)ccc2cccc(-c3nc4c5c(nc(OC[C@@]67CCCN6[C@H](CF)CC7)nc5c3F)N3C[C@H]5CC[C@H](N5)[C@H]3CC4)c12. The molecule has 2 bridgehead atoms. The number of alkyl halides is 1. The highest BCUT2D eigenvalue weighted by molar-refractivity contribution is 6.01. The van der Waals surface area contributed by atoms with Gasteiger partial charge >= 0.3 is 6.01 Å². The molecular weight excluding hydrogens is 577 g/mol. The maximum Gasteiger partial charge on any atom is 0.319 e. The molecule has 2 aromatic carbocycles. The van der Waals surface area contributed by atoms with Crippen LogP contribution >= 0.6 is 0 Å². The lowest BCUT2D eigenvalue weighted by Crippen LogP contribution is -2.58. The average Bonchev–Trinajstić information content (AvgIpc) is 3.72. The van der Waals surface area contributed by atoms with Gasteiger partial charge in [0.05, 0.1) is 16.6 Å². The molecule has 0 amide bonds. The number of nitrogens with zero attached hydrogens (tertiary/aromatic N) is 5. The zero-order chi connectivity index (χ0) is 30.4. The number of fused-ring (bicyclic) bond motifs is 7. The molecule has 0 unspecified atom stereocenters. The van der Waals surface area contributed by atoms with E-state index in [0.717, 1.165) is 69.1 Å². The normalized spacial score (nSPS) is 28.9. The number of anilines is 1. The van der Waals surface area contributed by atoms with Gasteiger partial charge in [-0.1, -0.05) is 24.3 Å². The number of nitrogens with one attached hydrogen (secondary N) is 1. The highest BCUT2D eigenvalue weighted by atomic mass is 19.1. The summed E-state index contributed by atoms with van der Waals surface area (Å²) in [5.41, 5.74) is 1.91. The molecule has 0 aliphatic carbocycles. The number of halogens is 3. The Balaban J connectivity index is 1.21. The Bertz CT molecular complexity index is 1850. The van der Waals surface area contributed by atoms with Crippen LogP contribution in [0.5, 0.6) is 6.01 Å². The van der Waals surface area contributed by atoms with E-state index in [1.807, 2.05) is 18.2 Å². The summed E-state index contributed by atoms with van der Waals surface area (Å²) >= 11 is 0. The zero-order valence-corrected chi connectivity index (χ0v) is 25.5. The molecule has 45 heavy (non-hydrogen) atoms. The van der Waals surface area contributed by atoms with Crippen LogP contribution in [0.4, 0.5) is 19.0 Å². The lowest BCUT2D eigenvalue weighted by Gasteiger charge is -2.41. The first-order valence-electron chi connectivity index (χ1n) is 16.5. The van der Waals surface area contributed by atoms with Crippen molar-refractivity contribution in [2.75, 3.05) is 31.3 Å². The molecule has 2 aromatic heterocycles. The molecule has 4 fully saturated rings. The number of hydrogen-bond donors (Lipinski definition) is 1. The maximum absolute atomic E-state index is 17.0. The Morgan fingerprint density at radius 3 is 2.82 bits per heavy atom. The van der Waals surface area contributed by atoms with Crippen LogP contribution in [0.3, 0.4) is 0 Å². The van der Waals surface area contributed by atoms with Crippen LogP contribution in [0.2, 0.25) is 0 Å². The van der Waals surface area contributed by atoms with Crippen molar-refractivity contribution in [2.45, 2.75) is 88.0 Å². The van der Waals surface area contributed by atoms with Crippen LogP contribution in [0.25, 0.3) is 32.9 Å². The number of aryl methyl sites for hydroxylation is 2. The van der Waals surface area contributed by atoms with E-state index < -0.39 is 5.82 Å². The molecule has 7 nitrogen and oxygen atoms in total. The van der Waals surface area contributed by atoms with Crippen molar-refractivity contribution in [1.29, 1.82) is 0 Å². The van der Waals surface area contributed by atoms with E-state index in [1.165, 1.54) is 6.07 Å². The minimum atomic E-state index is -0.547. The standard InChI is InChI=1S/C35H37F3N6O/c1-19-24(37)8-6-20-4-2-5-23(28(19)20)31-30(38)32-29-26(40-31)10-11-27-25-9-7-21(39-25)17-43(27)33(29)42-34(41-32)45-18-35-13-3-15-44(35)22(16-36)12-14-35/h2,4-6,8,21-22,25,27,39H,3,7,9-18H2,1H3/t21-,22+,25+,27-,35+/m1/s1. The summed E-state index contributed by atoms with van der Waals surface area (Å²) in [4.78, 5) is 19.4. The molecule has 7 heterocycles. The second-order valence-corrected chi connectivity index (χ2v) is 13.8. The quantitative estimate of drug-likeness (QED) is 0.295. The fourth-order valence-corrected chi connectivity index (χ4v) is 9.32. The predicted molar refractivity (Wildman–Crippen MR) is 167 cm³/mol. The molecule has 1 N–H and O–H groups in total. The van der Waals surface area contributed by atoms with E-state index in [1.54, 1.807) is 13.0 Å². The first kappa shape index (κ1) is 27.8. The summed E-state index contributed by atoms with van der Waals surface area (Å²) in [6.45, 7) is 3.37. The molecule has 9 rings (SSSR count). The minimum Gasteiger partial charge on any atom is -0.461 e. The fraction of sp³-hybridized carbons (Fsp3) is 0.514. The van der Waals surface area contributed by atoms with E-state index in [-0.39, 0.29) is 47.3 Å². The van der Waals surface area contributed by atoms with E-state index in [9.17, 15) is 8.78 Å². The molecule has 5 aliphatic heterocycles. The molecule has 5 aliphatic rings. The Labute approximate surface area is 260 Å². The van der Waals surface area contributed by atoms with Gasteiger partial charge < -0.3 is 15.0 Å².